The van der Waals surface area contributed by atoms with Crippen LogP contribution in [0.3, 0.4) is 0 Å². The van der Waals surface area contributed by atoms with E-state index in [1.165, 1.54) is 16.9 Å². The van der Waals surface area contributed by atoms with Gasteiger partial charge in [-0.05, 0) is 30.7 Å². The van der Waals surface area contributed by atoms with Gasteiger partial charge in [0.05, 0.1) is 35.2 Å². The Kier molecular flexibility index (Phi) is 6.47. The molecule has 0 fully saturated rings. The number of carbonyl (C=O) groups excluding carboxylic acids is 1. The Morgan fingerprint density at radius 3 is 2.67 bits per heavy atom. The molecule has 2 aromatic carbocycles. The summed E-state index contributed by atoms with van der Waals surface area (Å²) in [6, 6.07) is 17.9. The largest absolute Gasteiger partial charge is 0.322 e. The van der Waals surface area contributed by atoms with E-state index in [0.29, 0.717) is 34.2 Å². The second-order valence-corrected chi connectivity index (χ2v) is 8.75. The van der Waals surface area contributed by atoms with Crippen LogP contribution in [-0.4, -0.2) is 30.5 Å². The van der Waals surface area contributed by atoms with Gasteiger partial charge in [0.2, 0.25) is 5.91 Å². The third kappa shape index (κ3) is 4.96. The number of nitrogens with one attached hydrogen (secondary N) is 1. The molecule has 182 valence electrons. The van der Waals surface area contributed by atoms with Gasteiger partial charge in [-0.2, -0.15) is 10.2 Å². The maximum atomic E-state index is 14.0. The number of fused-ring (bicyclic) bond motifs is 1. The van der Waals surface area contributed by atoms with E-state index in [-0.39, 0.29) is 29.0 Å². The summed E-state index contributed by atoms with van der Waals surface area (Å²) < 4.78 is 30.9. The van der Waals surface area contributed by atoms with E-state index in [1.807, 2.05) is 36.4 Å². The maximum absolute atomic E-state index is 14.0. The van der Waals surface area contributed by atoms with Crippen molar-refractivity contribution in [2.24, 2.45) is 0 Å². The summed E-state index contributed by atoms with van der Waals surface area (Å²) in [5.41, 5.74) is 3.01. The van der Waals surface area contributed by atoms with Crippen molar-refractivity contribution in [2.45, 2.75) is 26.4 Å². The summed E-state index contributed by atoms with van der Waals surface area (Å²) in [6.45, 7) is 1.92. The van der Waals surface area contributed by atoms with Crippen molar-refractivity contribution in [1.29, 1.82) is 0 Å². The van der Waals surface area contributed by atoms with Crippen molar-refractivity contribution in [1.82, 2.24) is 24.5 Å². The minimum Gasteiger partial charge on any atom is -0.322 e. The summed E-state index contributed by atoms with van der Waals surface area (Å²) in [7, 11) is 0. The van der Waals surface area contributed by atoms with Gasteiger partial charge in [0.15, 0.2) is 5.65 Å². The molecule has 0 unspecified atom stereocenters. The number of nitrogens with zero attached hydrogens (tertiary/aromatic N) is 5. The lowest BCUT2D eigenvalue weighted by Gasteiger charge is -2.09. The van der Waals surface area contributed by atoms with Gasteiger partial charge < -0.3 is 5.32 Å². The van der Waals surface area contributed by atoms with Crippen molar-refractivity contribution in [3.05, 3.63) is 94.9 Å². The van der Waals surface area contributed by atoms with E-state index in [0.717, 1.165) is 5.56 Å². The summed E-state index contributed by atoms with van der Waals surface area (Å²) in [4.78, 5) is 17.4. The molecular weight excluding hydrogens is 486 g/mol. The molecule has 1 amide bonds. The average molecular weight is 507 g/mol. The molecule has 0 aliphatic heterocycles. The fourth-order valence-electron chi connectivity index (χ4n) is 4.10. The van der Waals surface area contributed by atoms with E-state index in [1.54, 1.807) is 36.0 Å². The van der Waals surface area contributed by atoms with Crippen LogP contribution in [0.4, 0.5) is 14.5 Å². The summed E-state index contributed by atoms with van der Waals surface area (Å²) in [6.07, 6.45) is 0.523. The minimum absolute atomic E-state index is 0.162. The lowest BCUT2D eigenvalue weighted by atomic mass is 10.1. The second-order valence-electron chi connectivity index (χ2n) is 8.31. The fraction of sp³-hybridized carbons (Fsp3) is 0.154. The van der Waals surface area contributed by atoms with E-state index in [9.17, 15) is 13.6 Å². The molecule has 0 atom stereocenters. The van der Waals surface area contributed by atoms with Gasteiger partial charge in [-0.3, -0.25) is 9.48 Å². The van der Waals surface area contributed by atoms with Crippen LogP contribution in [0.1, 0.15) is 23.2 Å². The smallest absolute Gasteiger partial charge is 0.264 e. The minimum atomic E-state index is -2.71. The van der Waals surface area contributed by atoms with Crippen molar-refractivity contribution in [3.63, 3.8) is 0 Å². The fourth-order valence-corrected chi connectivity index (χ4v) is 4.31. The molecule has 0 aliphatic rings. The van der Waals surface area contributed by atoms with Gasteiger partial charge >= 0.3 is 0 Å². The number of halogens is 3. The van der Waals surface area contributed by atoms with Crippen molar-refractivity contribution >= 4 is 34.2 Å². The third-order valence-corrected chi connectivity index (χ3v) is 5.89. The molecule has 36 heavy (non-hydrogen) atoms. The summed E-state index contributed by atoms with van der Waals surface area (Å²) in [5, 5.41) is 12.3. The molecule has 7 nitrogen and oxygen atoms in total. The van der Waals surface area contributed by atoms with Gasteiger partial charge in [0.1, 0.15) is 6.54 Å². The first kappa shape index (κ1) is 23.6. The van der Waals surface area contributed by atoms with Crippen molar-refractivity contribution in [3.8, 4) is 11.3 Å². The number of aryl methyl sites for hydroxylation is 1. The number of rotatable bonds is 7. The number of alkyl halides is 2. The Balaban J connectivity index is 1.39. The van der Waals surface area contributed by atoms with E-state index in [4.69, 9.17) is 11.6 Å². The molecule has 3 aromatic heterocycles. The summed E-state index contributed by atoms with van der Waals surface area (Å²) >= 11 is 6.04. The number of carbonyl (C=O) groups is 1. The highest BCUT2D eigenvalue weighted by Crippen LogP contribution is 2.33. The van der Waals surface area contributed by atoms with Crippen LogP contribution in [0.15, 0.2) is 73.1 Å². The maximum Gasteiger partial charge on any atom is 0.264 e. The number of amides is 1. The topological polar surface area (TPSA) is 77.6 Å². The van der Waals surface area contributed by atoms with Crippen LogP contribution in [0.2, 0.25) is 5.02 Å². The zero-order chi connectivity index (χ0) is 25.2. The Labute approximate surface area is 210 Å². The predicted octanol–water partition coefficient (Wildman–Crippen LogP) is 5.88. The number of aromatic nitrogens is 5. The lowest BCUT2D eigenvalue weighted by Crippen LogP contribution is -2.19. The number of hydrogen-bond donors (Lipinski definition) is 1. The van der Waals surface area contributed by atoms with E-state index in [2.05, 4.69) is 20.5 Å². The molecule has 5 aromatic rings. The molecule has 5 rings (SSSR count). The SMILES string of the molecule is Cc1nn(CC(=O)Nc2cnn(Cc3cccc(Cl)c3)c2)c2nc(-c3ccccc3)cc(C(F)F)c12. The van der Waals surface area contributed by atoms with Gasteiger partial charge in [-0.25, -0.2) is 18.4 Å². The number of anilines is 1. The number of hydrogen-bond acceptors (Lipinski definition) is 4. The van der Waals surface area contributed by atoms with Crippen LogP contribution in [0, 0.1) is 6.92 Å². The zero-order valence-corrected chi connectivity index (χ0v) is 20.0. The molecule has 0 saturated heterocycles. The van der Waals surface area contributed by atoms with Crippen molar-refractivity contribution < 1.29 is 13.6 Å². The molecule has 0 saturated carbocycles. The van der Waals surface area contributed by atoms with Gasteiger partial charge in [-0.15, -0.1) is 0 Å². The molecule has 0 radical (unpaired) electrons. The average Bonchev–Trinajstić information content (AvgIpc) is 3.42. The monoisotopic (exact) mass is 506 g/mol. The molecule has 3 heterocycles. The van der Waals surface area contributed by atoms with Gasteiger partial charge in [-0.1, -0.05) is 54.1 Å². The first-order valence-electron chi connectivity index (χ1n) is 11.2. The van der Waals surface area contributed by atoms with Crippen LogP contribution < -0.4 is 5.32 Å². The van der Waals surface area contributed by atoms with Crippen molar-refractivity contribution in [2.75, 3.05) is 5.32 Å². The number of pyridine rings is 1. The van der Waals surface area contributed by atoms with E-state index >= 15 is 0 Å². The van der Waals surface area contributed by atoms with Gasteiger partial charge in [0, 0.05) is 22.3 Å². The first-order valence-corrected chi connectivity index (χ1v) is 11.5. The highest BCUT2D eigenvalue weighted by Gasteiger charge is 2.22. The van der Waals surface area contributed by atoms with Crippen LogP contribution in [0.5, 0.6) is 0 Å². The first-order chi connectivity index (χ1) is 17.4. The van der Waals surface area contributed by atoms with Crippen LogP contribution in [0.25, 0.3) is 22.3 Å². The molecule has 10 heteroatoms. The predicted molar refractivity (Wildman–Crippen MR) is 134 cm³/mol. The second kappa shape index (κ2) is 9.87. The standard InChI is InChI=1S/C26H21ClF2N6O/c1-16-24-21(25(28)29)11-22(18-7-3-2-4-8-18)32-26(24)35(33-16)15-23(36)31-20-12-30-34(14-20)13-17-6-5-9-19(27)10-17/h2-12,14,25H,13,15H2,1H3,(H,31,36). The van der Waals surface area contributed by atoms with Crippen LogP contribution >= 0.6 is 11.6 Å². The Morgan fingerprint density at radius 1 is 1.11 bits per heavy atom. The Bertz CT molecular complexity index is 1550. The Morgan fingerprint density at radius 2 is 1.92 bits per heavy atom. The molecule has 0 aliphatic carbocycles. The molecular formula is C26H21ClF2N6O. The van der Waals surface area contributed by atoms with Crippen LogP contribution in [-0.2, 0) is 17.9 Å². The quantitative estimate of drug-likeness (QED) is 0.299. The Hall–Kier alpha value is -4.11. The third-order valence-electron chi connectivity index (χ3n) is 5.66. The lowest BCUT2D eigenvalue weighted by molar-refractivity contribution is -0.116. The number of benzene rings is 2. The highest BCUT2D eigenvalue weighted by atomic mass is 35.5. The molecule has 0 spiro atoms. The zero-order valence-electron chi connectivity index (χ0n) is 19.2. The highest BCUT2D eigenvalue weighted by molar-refractivity contribution is 6.30. The van der Waals surface area contributed by atoms with E-state index < -0.39 is 6.43 Å². The molecule has 0 bridgehead atoms. The summed E-state index contributed by atoms with van der Waals surface area (Å²) in [5.74, 6) is -0.382. The molecule has 1 N–H and O–H groups in total. The van der Waals surface area contributed by atoms with Gasteiger partial charge in [0.25, 0.3) is 6.43 Å². The normalized spacial score (nSPS) is 11.4.